The average molecular weight is 276 g/mol. The third kappa shape index (κ3) is 2.55. The second-order valence-corrected chi connectivity index (χ2v) is 5.94. The molecule has 0 spiro atoms. The van der Waals surface area contributed by atoms with E-state index in [0.29, 0.717) is 5.92 Å². The molecule has 0 aliphatic carbocycles. The Morgan fingerprint density at radius 1 is 1.32 bits per heavy atom. The SMILES string of the molecule is Cc1csc(C2CCNCC2c2ccccc2F)n1. The van der Waals surface area contributed by atoms with Crippen LogP contribution in [-0.2, 0) is 0 Å². The number of halogens is 1. The van der Waals surface area contributed by atoms with Gasteiger partial charge in [0.05, 0.1) is 5.01 Å². The average Bonchev–Trinajstić information content (AvgIpc) is 2.86. The highest BCUT2D eigenvalue weighted by Crippen LogP contribution is 2.39. The number of hydrogen-bond acceptors (Lipinski definition) is 3. The Morgan fingerprint density at radius 2 is 2.16 bits per heavy atom. The number of nitrogens with one attached hydrogen (secondary N) is 1. The molecule has 4 heteroatoms. The van der Waals surface area contributed by atoms with Gasteiger partial charge >= 0.3 is 0 Å². The van der Waals surface area contributed by atoms with Gasteiger partial charge in [0.2, 0.25) is 0 Å². The van der Waals surface area contributed by atoms with Crippen molar-refractivity contribution in [1.82, 2.24) is 10.3 Å². The summed E-state index contributed by atoms with van der Waals surface area (Å²) in [6.45, 7) is 3.82. The largest absolute Gasteiger partial charge is 0.316 e. The highest BCUT2D eigenvalue weighted by Gasteiger charge is 2.31. The van der Waals surface area contributed by atoms with E-state index in [9.17, 15) is 4.39 Å². The number of hydrogen-bond donors (Lipinski definition) is 1. The Bertz CT molecular complexity index is 567. The maximum atomic E-state index is 14.0. The molecule has 1 aromatic carbocycles. The summed E-state index contributed by atoms with van der Waals surface area (Å²) in [4.78, 5) is 4.61. The topological polar surface area (TPSA) is 24.9 Å². The molecule has 1 saturated heterocycles. The van der Waals surface area contributed by atoms with Crippen molar-refractivity contribution in [3.63, 3.8) is 0 Å². The van der Waals surface area contributed by atoms with Gasteiger partial charge in [-0.05, 0) is 31.5 Å². The fourth-order valence-electron chi connectivity index (χ4n) is 2.80. The minimum Gasteiger partial charge on any atom is -0.316 e. The van der Waals surface area contributed by atoms with Crippen molar-refractivity contribution in [2.24, 2.45) is 0 Å². The van der Waals surface area contributed by atoms with Crippen molar-refractivity contribution in [2.45, 2.75) is 25.2 Å². The van der Waals surface area contributed by atoms with Crippen LogP contribution in [0.25, 0.3) is 0 Å². The first-order valence-electron chi connectivity index (χ1n) is 6.63. The number of aromatic nitrogens is 1. The number of rotatable bonds is 2. The molecule has 2 unspecified atom stereocenters. The van der Waals surface area contributed by atoms with Crippen LogP contribution < -0.4 is 5.32 Å². The van der Waals surface area contributed by atoms with E-state index in [-0.39, 0.29) is 11.7 Å². The van der Waals surface area contributed by atoms with Crippen molar-refractivity contribution in [1.29, 1.82) is 0 Å². The van der Waals surface area contributed by atoms with Crippen LogP contribution in [0.4, 0.5) is 4.39 Å². The normalized spacial score (nSPS) is 23.5. The van der Waals surface area contributed by atoms with E-state index in [1.165, 1.54) is 0 Å². The summed E-state index contributed by atoms with van der Waals surface area (Å²) in [6.07, 6.45) is 1.02. The molecule has 2 aromatic rings. The molecule has 0 saturated carbocycles. The quantitative estimate of drug-likeness (QED) is 0.908. The van der Waals surface area contributed by atoms with Crippen LogP contribution in [0.3, 0.4) is 0 Å². The highest BCUT2D eigenvalue weighted by atomic mass is 32.1. The number of benzene rings is 1. The van der Waals surface area contributed by atoms with Gasteiger partial charge in [-0.1, -0.05) is 18.2 Å². The van der Waals surface area contributed by atoms with Crippen molar-refractivity contribution in [2.75, 3.05) is 13.1 Å². The summed E-state index contributed by atoms with van der Waals surface area (Å²) in [7, 11) is 0. The third-order valence-electron chi connectivity index (χ3n) is 3.74. The van der Waals surface area contributed by atoms with Crippen LogP contribution in [0.1, 0.15) is 34.5 Å². The van der Waals surface area contributed by atoms with E-state index >= 15 is 0 Å². The molecule has 100 valence electrons. The Morgan fingerprint density at radius 3 is 2.89 bits per heavy atom. The lowest BCUT2D eigenvalue weighted by Gasteiger charge is -2.31. The van der Waals surface area contributed by atoms with Crippen LogP contribution in [-0.4, -0.2) is 18.1 Å². The zero-order valence-electron chi connectivity index (χ0n) is 10.9. The summed E-state index contributed by atoms with van der Waals surface area (Å²) in [5.41, 5.74) is 1.87. The predicted octanol–water partition coefficient (Wildman–Crippen LogP) is 3.45. The maximum Gasteiger partial charge on any atom is 0.126 e. The number of thiazole rings is 1. The van der Waals surface area contributed by atoms with Gasteiger partial charge < -0.3 is 5.32 Å². The molecule has 2 heterocycles. The summed E-state index contributed by atoms with van der Waals surface area (Å²) in [5, 5.41) is 6.60. The molecule has 1 aliphatic heterocycles. The van der Waals surface area contributed by atoms with Gasteiger partial charge in [0.15, 0.2) is 0 Å². The Balaban J connectivity index is 1.96. The maximum absolute atomic E-state index is 14.0. The summed E-state index contributed by atoms with van der Waals surface area (Å²) >= 11 is 1.70. The molecular weight excluding hydrogens is 259 g/mol. The summed E-state index contributed by atoms with van der Waals surface area (Å²) in [5.74, 6) is 0.409. The molecule has 1 N–H and O–H groups in total. The number of aryl methyl sites for hydroxylation is 1. The summed E-state index contributed by atoms with van der Waals surface area (Å²) in [6, 6.07) is 7.11. The van der Waals surface area contributed by atoms with E-state index in [1.807, 2.05) is 19.1 Å². The molecule has 1 aliphatic rings. The van der Waals surface area contributed by atoms with Gasteiger partial charge in [-0.25, -0.2) is 9.37 Å². The Kier molecular flexibility index (Phi) is 3.62. The molecule has 19 heavy (non-hydrogen) atoms. The van der Waals surface area contributed by atoms with Crippen LogP contribution in [0, 0.1) is 12.7 Å². The molecule has 2 atom stereocenters. The second kappa shape index (κ2) is 5.39. The van der Waals surface area contributed by atoms with Crippen molar-refractivity contribution >= 4 is 11.3 Å². The third-order valence-corrected chi connectivity index (χ3v) is 4.84. The number of nitrogens with zero attached hydrogens (tertiary/aromatic N) is 1. The lowest BCUT2D eigenvalue weighted by atomic mass is 9.81. The van der Waals surface area contributed by atoms with Gasteiger partial charge in [0.25, 0.3) is 0 Å². The standard InChI is InChI=1S/C15H17FN2S/c1-10-9-19-15(18-10)12-6-7-17-8-13(12)11-4-2-3-5-14(11)16/h2-5,9,12-13,17H,6-8H2,1H3. The van der Waals surface area contributed by atoms with Crippen LogP contribution in [0.2, 0.25) is 0 Å². The van der Waals surface area contributed by atoms with E-state index in [0.717, 1.165) is 35.8 Å². The van der Waals surface area contributed by atoms with Crippen molar-refractivity contribution < 1.29 is 4.39 Å². The van der Waals surface area contributed by atoms with Gasteiger partial charge in [-0.15, -0.1) is 11.3 Å². The highest BCUT2D eigenvalue weighted by molar-refractivity contribution is 7.09. The second-order valence-electron chi connectivity index (χ2n) is 5.05. The van der Waals surface area contributed by atoms with Crippen molar-refractivity contribution in [3.05, 3.63) is 51.7 Å². The molecule has 2 nitrogen and oxygen atoms in total. The van der Waals surface area contributed by atoms with Crippen molar-refractivity contribution in [3.8, 4) is 0 Å². The lowest BCUT2D eigenvalue weighted by Crippen LogP contribution is -2.34. The smallest absolute Gasteiger partial charge is 0.126 e. The van der Waals surface area contributed by atoms with Crippen LogP contribution >= 0.6 is 11.3 Å². The fourth-order valence-corrected chi connectivity index (χ4v) is 3.80. The van der Waals surface area contributed by atoms with E-state index in [2.05, 4.69) is 15.7 Å². The molecule has 0 bridgehead atoms. The molecule has 3 rings (SSSR count). The first-order valence-corrected chi connectivity index (χ1v) is 7.51. The van der Waals surface area contributed by atoms with E-state index < -0.39 is 0 Å². The van der Waals surface area contributed by atoms with Gasteiger partial charge in [-0.2, -0.15) is 0 Å². The minimum atomic E-state index is -0.102. The molecule has 1 fully saturated rings. The summed E-state index contributed by atoms with van der Waals surface area (Å²) < 4.78 is 14.0. The number of piperidine rings is 1. The first-order chi connectivity index (χ1) is 9.25. The fraction of sp³-hybridized carbons (Fsp3) is 0.400. The van der Waals surface area contributed by atoms with Gasteiger partial charge in [-0.3, -0.25) is 0 Å². The first kappa shape index (κ1) is 12.8. The zero-order chi connectivity index (χ0) is 13.2. The predicted molar refractivity (Wildman–Crippen MR) is 76.2 cm³/mol. The molecule has 0 amide bonds. The van der Waals surface area contributed by atoms with Crippen LogP contribution in [0.5, 0.6) is 0 Å². The zero-order valence-corrected chi connectivity index (χ0v) is 11.7. The van der Waals surface area contributed by atoms with Gasteiger partial charge in [0, 0.05) is 29.5 Å². The van der Waals surface area contributed by atoms with Gasteiger partial charge in [0.1, 0.15) is 5.82 Å². The lowest BCUT2D eigenvalue weighted by molar-refractivity contribution is 0.392. The monoisotopic (exact) mass is 276 g/mol. The molecular formula is C15H17FN2S. The van der Waals surface area contributed by atoms with Crippen LogP contribution in [0.15, 0.2) is 29.6 Å². The minimum absolute atomic E-state index is 0.102. The van der Waals surface area contributed by atoms with E-state index in [1.54, 1.807) is 23.5 Å². The van der Waals surface area contributed by atoms with E-state index in [4.69, 9.17) is 0 Å². The Labute approximate surface area is 116 Å². The molecule has 0 radical (unpaired) electrons. The Hall–Kier alpha value is -1.26. The molecule has 1 aromatic heterocycles.